The Hall–Kier alpha value is 0. The number of hydrogen-bond acceptors (Lipinski definition) is 0. The van der Waals surface area contributed by atoms with Crippen LogP contribution in [0.4, 0.5) is 0 Å². The van der Waals surface area contributed by atoms with Crippen molar-refractivity contribution in [3.63, 3.8) is 0 Å². The highest BCUT2D eigenvalue weighted by molar-refractivity contribution is 4.62. The Bertz CT molecular complexity index is 432. The van der Waals surface area contributed by atoms with Crippen molar-refractivity contribution in [3.05, 3.63) is 0 Å². The molecule has 0 radical (unpaired) electrons. The Morgan fingerprint density at radius 3 is 0.600 bits per heavy atom. The van der Waals surface area contributed by atoms with Crippen LogP contribution in [0.25, 0.3) is 0 Å². The van der Waals surface area contributed by atoms with Crippen molar-refractivity contribution in [2.75, 3.05) is 0 Å². The zero-order valence-corrected chi connectivity index (χ0v) is 30.8. The van der Waals surface area contributed by atoms with E-state index in [2.05, 4.69) is 83.1 Å². The van der Waals surface area contributed by atoms with Crippen molar-refractivity contribution in [2.24, 2.45) is 47.3 Å². The van der Waals surface area contributed by atoms with E-state index in [1.54, 1.807) is 0 Å². The lowest BCUT2D eigenvalue weighted by Gasteiger charge is -2.15. The molecule has 0 bridgehead atoms. The summed E-state index contributed by atoms with van der Waals surface area (Å²) in [6, 6.07) is 0. The van der Waals surface area contributed by atoms with Crippen LogP contribution in [0.2, 0.25) is 0 Å². The maximum absolute atomic E-state index is 2.46. The van der Waals surface area contributed by atoms with Gasteiger partial charge >= 0.3 is 0 Å². The number of hydrogen-bond donors (Lipinski definition) is 0. The third-order valence-electron chi connectivity index (χ3n) is 9.93. The van der Waals surface area contributed by atoms with Crippen molar-refractivity contribution < 1.29 is 0 Å². The molecule has 0 aliphatic rings. The summed E-state index contributed by atoms with van der Waals surface area (Å²) in [5, 5.41) is 0. The van der Waals surface area contributed by atoms with Crippen molar-refractivity contribution in [3.8, 4) is 0 Å². The molecule has 0 rings (SSSR count). The number of rotatable bonds is 26. The van der Waals surface area contributed by atoms with E-state index in [4.69, 9.17) is 0 Å². The van der Waals surface area contributed by atoms with E-state index in [1.165, 1.54) is 128 Å². The topological polar surface area (TPSA) is 0 Å². The minimum absolute atomic E-state index is 0.882. The van der Waals surface area contributed by atoms with Gasteiger partial charge in [-0.3, -0.25) is 0 Å². The quantitative estimate of drug-likeness (QED) is 0.0979. The van der Waals surface area contributed by atoms with E-state index in [0.717, 1.165) is 47.3 Å². The molecule has 0 aromatic carbocycles. The van der Waals surface area contributed by atoms with Gasteiger partial charge < -0.3 is 0 Å². The Labute approximate surface area is 258 Å². The molecule has 0 aromatic heterocycles. The van der Waals surface area contributed by atoms with E-state index >= 15 is 0 Å². The molecule has 0 saturated carbocycles. The second-order valence-corrected chi connectivity index (χ2v) is 15.8. The summed E-state index contributed by atoms with van der Waals surface area (Å²) in [5.41, 5.74) is 0. The lowest BCUT2D eigenvalue weighted by Crippen LogP contribution is -2.01. The fraction of sp³-hybridized carbons (Fsp3) is 1.00. The van der Waals surface area contributed by atoms with Gasteiger partial charge in [0.15, 0.2) is 0 Å². The zero-order valence-electron chi connectivity index (χ0n) is 30.8. The highest BCUT2D eigenvalue weighted by Gasteiger charge is 2.09. The first-order valence-corrected chi connectivity index (χ1v) is 18.9. The summed E-state index contributed by atoms with van der Waals surface area (Å²) in [7, 11) is 0. The first kappa shape index (κ1) is 42.1. The van der Waals surface area contributed by atoms with Gasteiger partial charge in [0.1, 0.15) is 0 Å². The Kier molecular flexibility index (Phi) is 30.6. The van der Waals surface area contributed by atoms with Crippen molar-refractivity contribution in [2.45, 2.75) is 212 Å². The summed E-state index contributed by atoms with van der Waals surface area (Å²) >= 11 is 0. The second kappa shape index (κ2) is 29.1. The van der Waals surface area contributed by atoms with Gasteiger partial charge in [-0.15, -0.1) is 0 Å². The van der Waals surface area contributed by atoms with Crippen LogP contribution in [0.3, 0.4) is 0 Å². The Morgan fingerprint density at radius 2 is 0.425 bits per heavy atom. The molecule has 0 spiro atoms. The normalized spacial score (nSPS) is 16.4. The molecule has 244 valence electrons. The smallest absolute Gasteiger partial charge is 0.0443 e. The molecular formula is C40H84. The molecule has 0 heterocycles. The Balaban J connectivity index is 0. The Morgan fingerprint density at radius 1 is 0.250 bits per heavy atom. The van der Waals surface area contributed by atoms with Crippen LogP contribution in [0.5, 0.6) is 0 Å². The lowest BCUT2D eigenvalue weighted by molar-refractivity contribution is 0.376. The molecule has 0 aliphatic heterocycles. The van der Waals surface area contributed by atoms with E-state index in [0.29, 0.717) is 0 Å². The van der Waals surface area contributed by atoms with Gasteiger partial charge in [-0.25, -0.2) is 0 Å². The van der Waals surface area contributed by atoms with Crippen LogP contribution < -0.4 is 0 Å². The van der Waals surface area contributed by atoms with E-state index < -0.39 is 0 Å². The fourth-order valence-electron chi connectivity index (χ4n) is 5.99. The molecule has 0 fully saturated rings. The van der Waals surface area contributed by atoms with Gasteiger partial charge in [-0.2, -0.15) is 0 Å². The highest BCUT2D eigenvalue weighted by Crippen LogP contribution is 2.24. The van der Waals surface area contributed by atoms with Gasteiger partial charge in [0.2, 0.25) is 0 Å². The van der Waals surface area contributed by atoms with Crippen LogP contribution in [0, 0.1) is 47.3 Å². The standard InChI is InChI=1S/2C20H42/c2*1-7-18(4)12-9-14-20(6)16-10-15-19(5)13-8-11-17(2)3/h2*17-20H,7-16H2,1-6H3. The lowest BCUT2D eigenvalue weighted by atomic mass is 9.91. The van der Waals surface area contributed by atoms with Crippen molar-refractivity contribution in [1.82, 2.24) is 0 Å². The molecule has 0 saturated heterocycles. The summed E-state index contributed by atoms with van der Waals surface area (Å²) < 4.78 is 0. The van der Waals surface area contributed by atoms with Gasteiger partial charge in [0, 0.05) is 0 Å². The van der Waals surface area contributed by atoms with Gasteiger partial charge in [0.25, 0.3) is 0 Å². The average Bonchev–Trinajstić information content (AvgIpc) is 2.88. The van der Waals surface area contributed by atoms with Gasteiger partial charge in [-0.05, 0) is 47.3 Å². The highest BCUT2D eigenvalue weighted by atomic mass is 14.1. The minimum atomic E-state index is 0.882. The molecule has 0 aromatic rings. The SMILES string of the molecule is CCC(C)CCCC(C)CCCC(C)CCCC(C)C.CCC(C)CCCC(C)CCCC(C)CCCC(C)C. The third kappa shape index (κ3) is 32.5. The molecule has 0 N–H and O–H groups in total. The van der Waals surface area contributed by atoms with Crippen LogP contribution in [0.1, 0.15) is 212 Å². The first-order valence-electron chi connectivity index (χ1n) is 18.9. The second-order valence-electron chi connectivity index (χ2n) is 15.8. The molecular weight excluding hydrogens is 480 g/mol. The summed E-state index contributed by atoms with van der Waals surface area (Å²) in [5.74, 6) is 7.41. The van der Waals surface area contributed by atoms with E-state index in [9.17, 15) is 0 Å². The maximum atomic E-state index is 2.46. The molecule has 0 heteroatoms. The van der Waals surface area contributed by atoms with Crippen LogP contribution in [0.15, 0.2) is 0 Å². The minimum Gasteiger partial charge on any atom is -0.0651 e. The predicted octanol–water partition coefficient (Wildman–Crippen LogP) is 14.9. The van der Waals surface area contributed by atoms with Crippen molar-refractivity contribution in [1.29, 1.82) is 0 Å². The molecule has 40 heavy (non-hydrogen) atoms. The van der Waals surface area contributed by atoms with Gasteiger partial charge in [0.05, 0.1) is 0 Å². The zero-order chi connectivity index (χ0) is 30.8. The third-order valence-corrected chi connectivity index (χ3v) is 9.93. The average molecular weight is 565 g/mol. The molecule has 0 aliphatic carbocycles. The monoisotopic (exact) mass is 565 g/mol. The molecule has 6 unspecified atom stereocenters. The molecule has 6 atom stereocenters. The van der Waals surface area contributed by atoms with Crippen LogP contribution in [-0.2, 0) is 0 Å². The first-order chi connectivity index (χ1) is 18.9. The van der Waals surface area contributed by atoms with Crippen LogP contribution in [-0.4, -0.2) is 0 Å². The fourth-order valence-corrected chi connectivity index (χ4v) is 5.99. The van der Waals surface area contributed by atoms with E-state index in [-0.39, 0.29) is 0 Å². The van der Waals surface area contributed by atoms with Crippen LogP contribution >= 0.6 is 0 Å². The summed E-state index contributed by atoms with van der Waals surface area (Å²) in [6.07, 6.45) is 28.7. The van der Waals surface area contributed by atoms with E-state index in [1.807, 2.05) is 0 Å². The molecule has 0 nitrogen and oxygen atoms in total. The largest absolute Gasteiger partial charge is 0.0651 e. The molecule has 0 amide bonds. The predicted molar refractivity (Wildman–Crippen MR) is 188 cm³/mol. The maximum Gasteiger partial charge on any atom is -0.0443 e. The summed E-state index contributed by atoms with van der Waals surface area (Å²) in [4.78, 5) is 0. The van der Waals surface area contributed by atoms with Gasteiger partial charge in [-0.1, -0.05) is 212 Å². The van der Waals surface area contributed by atoms with Crippen molar-refractivity contribution >= 4 is 0 Å². The summed E-state index contributed by atoms with van der Waals surface area (Å²) in [6.45, 7) is 28.6.